The van der Waals surface area contributed by atoms with Gasteiger partial charge < -0.3 is 4.90 Å². The SMILES string of the molecule is CCN1C(=O)SC(=CC=C2Sc3ccccc3N2CC)C1=O. The molecule has 0 unspecified atom stereocenters. The zero-order valence-electron chi connectivity index (χ0n) is 12.4. The predicted octanol–water partition coefficient (Wildman–Crippen LogP) is 4.06. The first kappa shape index (κ1) is 15.2. The number of hydrogen-bond acceptors (Lipinski definition) is 5. The molecular formula is C16H16N2O2S2. The maximum atomic E-state index is 12.1. The van der Waals surface area contributed by atoms with Crippen molar-refractivity contribution < 1.29 is 9.59 Å². The van der Waals surface area contributed by atoms with Crippen molar-refractivity contribution in [2.24, 2.45) is 0 Å². The van der Waals surface area contributed by atoms with Gasteiger partial charge in [-0.2, -0.15) is 0 Å². The Labute approximate surface area is 138 Å². The van der Waals surface area contributed by atoms with E-state index in [-0.39, 0.29) is 11.1 Å². The number of amides is 2. The van der Waals surface area contributed by atoms with Gasteiger partial charge in [0, 0.05) is 18.0 Å². The number of carbonyl (C=O) groups excluding carboxylic acids is 2. The summed E-state index contributed by atoms with van der Waals surface area (Å²) in [5.41, 5.74) is 1.19. The van der Waals surface area contributed by atoms with E-state index >= 15 is 0 Å². The van der Waals surface area contributed by atoms with Crippen LogP contribution in [0.4, 0.5) is 10.5 Å². The van der Waals surface area contributed by atoms with E-state index in [9.17, 15) is 9.59 Å². The Hall–Kier alpha value is -1.66. The second-order valence-corrected chi connectivity index (χ2v) is 6.82. The lowest BCUT2D eigenvalue weighted by Crippen LogP contribution is -2.27. The number of imide groups is 1. The van der Waals surface area contributed by atoms with Gasteiger partial charge in [-0.05, 0) is 49.9 Å². The Bertz CT molecular complexity index is 697. The molecule has 0 saturated carbocycles. The molecule has 0 aliphatic carbocycles. The highest BCUT2D eigenvalue weighted by Crippen LogP contribution is 2.45. The van der Waals surface area contributed by atoms with Gasteiger partial charge in [0.1, 0.15) is 0 Å². The molecule has 22 heavy (non-hydrogen) atoms. The highest BCUT2D eigenvalue weighted by Gasteiger charge is 2.33. The van der Waals surface area contributed by atoms with Gasteiger partial charge in [-0.3, -0.25) is 14.5 Å². The van der Waals surface area contributed by atoms with Gasteiger partial charge in [-0.15, -0.1) is 0 Å². The van der Waals surface area contributed by atoms with Gasteiger partial charge >= 0.3 is 0 Å². The highest BCUT2D eigenvalue weighted by molar-refractivity contribution is 8.18. The van der Waals surface area contributed by atoms with E-state index in [0.717, 1.165) is 23.3 Å². The zero-order chi connectivity index (χ0) is 15.7. The third kappa shape index (κ3) is 2.57. The van der Waals surface area contributed by atoms with Crippen molar-refractivity contribution in [3.8, 4) is 0 Å². The van der Waals surface area contributed by atoms with E-state index in [1.807, 2.05) is 18.2 Å². The molecule has 0 N–H and O–H groups in total. The van der Waals surface area contributed by atoms with Gasteiger partial charge in [0.15, 0.2) is 0 Å². The normalized spacial score (nSPS) is 21.4. The summed E-state index contributed by atoms with van der Waals surface area (Å²) >= 11 is 2.69. The highest BCUT2D eigenvalue weighted by atomic mass is 32.2. The number of fused-ring (bicyclic) bond motifs is 1. The molecule has 114 valence electrons. The predicted molar refractivity (Wildman–Crippen MR) is 91.9 cm³/mol. The number of hydrogen-bond donors (Lipinski definition) is 0. The fourth-order valence-corrected chi connectivity index (χ4v) is 4.41. The van der Waals surface area contributed by atoms with E-state index in [1.54, 1.807) is 24.8 Å². The summed E-state index contributed by atoms with van der Waals surface area (Å²) in [5.74, 6) is -0.196. The lowest BCUT2D eigenvalue weighted by atomic mass is 10.3. The maximum Gasteiger partial charge on any atom is 0.293 e. The van der Waals surface area contributed by atoms with Gasteiger partial charge in [-0.1, -0.05) is 23.9 Å². The van der Waals surface area contributed by atoms with Crippen LogP contribution in [0, 0.1) is 0 Å². The number of benzene rings is 1. The average Bonchev–Trinajstić information content (AvgIpc) is 3.01. The molecular weight excluding hydrogens is 316 g/mol. The molecule has 0 spiro atoms. The van der Waals surface area contributed by atoms with Crippen molar-refractivity contribution in [3.63, 3.8) is 0 Å². The molecule has 1 fully saturated rings. The number of nitrogens with zero attached hydrogens (tertiary/aromatic N) is 2. The Morgan fingerprint density at radius 2 is 1.73 bits per heavy atom. The number of carbonyl (C=O) groups is 2. The molecule has 0 atom stereocenters. The molecule has 2 amide bonds. The van der Waals surface area contributed by atoms with Crippen molar-refractivity contribution >= 4 is 40.4 Å². The third-order valence-electron chi connectivity index (χ3n) is 3.52. The van der Waals surface area contributed by atoms with Crippen LogP contribution in [0.1, 0.15) is 13.8 Å². The summed E-state index contributed by atoms with van der Waals surface area (Å²) in [6, 6.07) is 8.24. The number of likely N-dealkylation sites (N-methyl/N-ethyl adjacent to an activating group) is 1. The molecule has 2 aliphatic rings. The summed E-state index contributed by atoms with van der Waals surface area (Å²) in [5, 5.41) is 0.888. The van der Waals surface area contributed by atoms with Crippen LogP contribution in [0.2, 0.25) is 0 Å². The van der Waals surface area contributed by atoms with Crippen molar-refractivity contribution in [1.82, 2.24) is 4.90 Å². The lowest BCUT2D eigenvalue weighted by Gasteiger charge is -2.17. The second-order valence-electron chi connectivity index (χ2n) is 4.77. The second kappa shape index (κ2) is 6.22. The first-order chi connectivity index (χ1) is 10.7. The maximum absolute atomic E-state index is 12.1. The summed E-state index contributed by atoms with van der Waals surface area (Å²) in [7, 11) is 0. The number of rotatable bonds is 3. The molecule has 0 radical (unpaired) electrons. The summed E-state index contributed by atoms with van der Waals surface area (Å²) in [6.45, 7) is 5.18. The van der Waals surface area contributed by atoms with Crippen LogP contribution in [-0.4, -0.2) is 29.1 Å². The number of thioether (sulfide) groups is 2. The number of allylic oxidation sites excluding steroid dienone is 2. The van der Waals surface area contributed by atoms with E-state index in [1.165, 1.54) is 15.5 Å². The van der Waals surface area contributed by atoms with Crippen LogP contribution in [0.25, 0.3) is 0 Å². The monoisotopic (exact) mass is 332 g/mol. The Morgan fingerprint density at radius 1 is 1.00 bits per heavy atom. The van der Waals surface area contributed by atoms with Crippen LogP contribution in [0.3, 0.4) is 0 Å². The summed E-state index contributed by atoms with van der Waals surface area (Å²) in [4.78, 5) is 29.0. The van der Waals surface area contributed by atoms with Gasteiger partial charge in [0.05, 0.1) is 15.6 Å². The molecule has 0 aromatic heterocycles. The zero-order valence-corrected chi connectivity index (χ0v) is 14.0. The Balaban J connectivity index is 1.87. The van der Waals surface area contributed by atoms with Gasteiger partial charge in [-0.25, -0.2) is 0 Å². The molecule has 2 heterocycles. The topological polar surface area (TPSA) is 40.6 Å². The van der Waals surface area contributed by atoms with Crippen molar-refractivity contribution in [2.75, 3.05) is 18.0 Å². The fraction of sp³-hybridized carbons (Fsp3) is 0.250. The molecule has 6 heteroatoms. The molecule has 0 bridgehead atoms. The van der Waals surface area contributed by atoms with Crippen LogP contribution >= 0.6 is 23.5 Å². The first-order valence-electron chi connectivity index (χ1n) is 7.15. The van der Waals surface area contributed by atoms with Crippen molar-refractivity contribution in [1.29, 1.82) is 0 Å². The minimum Gasteiger partial charge on any atom is -0.335 e. The van der Waals surface area contributed by atoms with Crippen molar-refractivity contribution in [2.45, 2.75) is 18.7 Å². The van der Waals surface area contributed by atoms with E-state index in [4.69, 9.17) is 0 Å². The average molecular weight is 332 g/mol. The lowest BCUT2D eigenvalue weighted by molar-refractivity contribution is -0.122. The molecule has 1 saturated heterocycles. The number of para-hydroxylation sites is 1. The van der Waals surface area contributed by atoms with Crippen molar-refractivity contribution in [3.05, 3.63) is 46.4 Å². The minimum atomic E-state index is -0.196. The van der Waals surface area contributed by atoms with Crippen LogP contribution < -0.4 is 4.90 Å². The molecule has 3 rings (SSSR count). The molecule has 1 aromatic carbocycles. The molecule has 1 aromatic rings. The minimum absolute atomic E-state index is 0.188. The standard InChI is InChI=1S/C16H16N2O2S2/c1-3-17-11-7-5-6-8-12(11)21-14(17)10-9-13-15(19)18(4-2)16(20)22-13/h5-10H,3-4H2,1-2H3. The number of anilines is 1. The molecule has 2 aliphatic heterocycles. The fourth-order valence-electron chi connectivity index (χ4n) is 2.44. The van der Waals surface area contributed by atoms with Gasteiger partial charge in [0.2, 0.25) is 0 Å². The van der Waals surface area contributed by atoms with Crippen LogP contribution in [0.5, 0.6) is 0 Å². The third-order valence-corrected chi connectivity index (χ3v) is 5.58. The van der Waals surface area contributed by atoms with E-state index in [2.05, 4.69) is 24.0 Å². The Morgan fingerprint density at radius 3 is 2.41 bits per heavy atom. The smallest absolute Gasteiger partial charge is 0.293 e. The van der Waals surface area contributed by atoms with Crippen LogP contribution in [0.15, 0.2) is 51.2 Å². The summed E-state index contributed by atoms with van der Waals surface area (Å²) in [6.07, 6.45) is 3.69. The van der Waals surface area contributed by atoms with Gasteiger partial charge in [0.25, 0.3) is 11.1 Å². The quantitative estimate of drug-likeness (QED) is 0.781. The Kier molecular flexibility index (Phi) is 4.31. The van der Waals surface area contributed by atoms with E-state index < -0.39 is 0 Å². The van der Waals surface area contributed by atoms with Crippen LogP contribution in [-0.2, 0) is 4.79 Å². The largest absolute Gasteiger partial charge is 0.335 e. The van der Waals surface area contributed by atoms with E-state index in [0.29, 0.717) is 11.4 Å². The first-order valence-corrected chi connectivity index (χ1v) is 8.79. The summed E-state index contributed by atoms with van der Waals surface area (Å²) < 4.78 is 0. The molecule has 4 nitrogen and oxygen atoms in total.